The number of nitrogens with one attached hydrogen (secondary N) is 1. The van der Waals surface area contributed by atoms with E-state index in [4.69, 9.17) is 0 Å². The lowest BCUT2D eigenvalue weighted by Gasteiger charge is -2.30. The summed E-state index contributed by atoms with van der Waals surface area (Å²) in [5.41, 5.74) is 1.54. The minimum atomic E-state index is -1.05. The van der Waals surface area contributed by atoms with Crippen LogP contribution in [0.1, 0.15) is 5.56 Å². The van der Waals surface area contributed by atoms with E-state index in [1.807, 2.05) is 18.2 Å². The van der Waals surface area contributed by atoms with Crippen molar-refractivity contribution < 1.29 is 9.59 Å². The monoisotopic (exact) mass is 381 g/mol. The molecule has 2 aliphatic rings. The third-order valence-electron chi connectivity index (χ3n) is 3.48. The number of thiazole rings is 1. The number of benzene rings is 1. The fourth-order valence-corrected chi connectivity index (χ4v) is 5.05. The molecular formula is C13H8BrN3O2S2. The topological polar surface area (TPSA) is 62.3 Å². The van der Waals surface area contributed by atoms with Crippen molar-refractivity contribution in [3.63, 3.8) is 0 Å². The third kappa shape index (κ3) is 1.72. The van der Waals surface area contributed by atoms with Crippen molar-refractivity contribution in [1.29, 1.82) is 0 Å². The molecule has 1 spiro atoms. The van der Waals surface area contributed by atoms with Gasteiger partial charge in [0.25, 0.3) is 5.91 Å². The molecule has 1 aromatic heterocycles. The van der Waals surface area contributed by atoms with Crippen LogP contribution in [0.25, 0.3) is 0 Å². The number of amides is 2. The van der Waals surface area contributed by atoms with Gasteiger partial charge in [0.05, 0.1) is 5.75 Å². The molecule has 2 aliphatic heterocycles. The van der Waals surface area contributed by atoms with Crippen molar-refractivity contribution in [2.24, 2.45) is 0 Å². The number of anilines is 2. The molecule has 1 atom stereocenters. The van der Waals surface area contributed by atoms with Gasteiger partial charge < -0.3 is 5.32 Å². The lowest BCUT2D eigenvalue weighted by molar-refractivity contribution is -0.122. The molecular weight excluding hydrogens is 374 g/mol. The van der Waals surface area contributed by atoms with Crippen LogP contribution in [-0.4, -0.2) is 22.6 Å². The average molecular weight is 382 g/mol. The molecule has 1 saturated heterocycles. The van der Waals surface area contributed by atoms with Crippen LogP contribution < -0.4 is 10.2 Å². The highest BCUT2D eigenvalue weighted by atomic mass is 79.9. The Kier molecular flexibility index (Phi) is 2.88. The number of nitrogens with zero attached hydrogens (tertiary/aromatic N) is 2. The highest BCUT2D eigenvalue weighted by molar-refractivity contribution is 9.10. The number of fused-ring (bicyclic) bond motifs is 2. The molecule has 0 radical (unpaired) electrons. The van der Waals surface area contributed by atoms with Gasteiger partial charge in [-0.15, -0.1) is 23.1 Å². The Balaban J connectivity index is 1.96. The fourth-order valence-electron chi connectivity index (χ4n) is 2.64. The molecule has 1 aromatic carbocycles. The number of rotatable bonds is 1. The summed E-state index contributed by atoms with van der Waals surface area (Å²) >= 11 is 6.13. The standard InChI is InChI=1S/C13H8BrN3O2S2/c14-7-1-2-9-8(5-7)13(11(19)16-9)17(10(18)6-21-13)12-15-3-4-20-12/h1-5H,6H2,(H,16,19). The highest BCUT2D eigenvalue weighted by Crippen LogP contribution is 2.54. The van der Waals surface area contributed by atoms with Crippen LogP contribution in [-0.2, 0) is 14.5 Å². The van der Waals surface area contributed by atoms with Gasteiger partial charge in [0.15, 0.2) is 5.13 Å². The summed E-state index contributed by atoms with van der Waals surface area (Å²) in [6.07, 6.45) is 1.64. The molecule has 5 nitrogen and oxygen atoms in total. The highest BCUT2D eigenvalue weighted by Gasteiger charge is 2.59. The quantitative estimate of drug-likeness (QED) is 0.824. The normalized spacial score (nSPS) is 23.8. The van der Waals surface area contributed by atoms with E-state index in [2.05, 4.69) is 26.2 Å². The molecule has 0 bridgehead atoms. The number of thioether (sulfide) groups is 1. The third-order valence-corrected chi connectivity index (χ3v) is 6.13. The zero-order valence-electron chi connectivity index (χ0n) is 10.5. The first-order valence-electron chi connectivity index (χ1n) is 6.11. The zero-order valence-corrected chi connectivity index (χ0v) is 13.7. The van der Waals surface area contributed by atoms with E-state index in [-0.39, 0.29) is 17.6 Å². The van der Waals surface area contributed by atoms with E-state index < -0.39 is 4.87 Å². The first kappa shape index (κ1) is 13.3. The van der Waals surface area contributed by atoms with Crippen LogP contribution >= 0.6 is 39.0 Å². The molecule has 1 unspecified atom stereocenters. The summed E-state index contributed by atoms with van der Waals surface area (Å²) in [5.74, 6) is -0.0292. The molecule has 0 aliphatic carbocycles. The van der Waals surface area contributed by atoms with Crippen LogP contribution in [0.15, 0.2) is 34.2 Å². The Morgan fingerprint density at radius 2 is 2.24 bits per heavy atom. The Morgan fingerprint density at radius 3 is 3.00 bits per heavy atom. The Bertz CT molecular complexity index is 765. The number of carbonyl (C=O) groups is 2. The summed E-state index contributed by atoms with van der Waals surface area (Å²) in [6, 6.07) is 5.60. The predicted octanol–water partition coefficient (Wildman–Crippen LogP) is 2.79. The van der Waals surface area contributed by atoms with Gasteiger partial charge in [0.1, 0.15) is 0 Å². The first-order valence-corrected chi connectivity index (χ1v) is 8.77. The van der Waals surface area contributed by atoms with E-state index in [1.54, 1.807) is 11.6 Å². The molecule has 1 N–H and O–H groups in total. The average Bonchev–Trinajstić information content (AvgIpc) is 3.13. The van der Waals surface area contributed by atoms with Gasteiger partial charge in [-0.1, -0.05) is 15.9 Å². The number of hydrogen-bond donors (Lipinski definition) is 1. The van der Waals surface area contributed by atoms with Crippen LogP contribution in [0.2, 0.25) is 0 Å². The predicted molar refractivity (Wildman–Crippen MR) is 86.5 cm³/mol. The Hall–Kier alpha value is -1.38. The minimum absolute atomic E-state index is 0.0991. The second-order valence-electron chi connectivity index (χ2n) is 4.62. The minimum Gasteiger partial charge on any atom is -0.323 e. The van der Waals surface area contributed by atoms with Crippen LogP contribution in [0, 0.1) is 0 Å². The maximum atomic E-state index is 12.7. The van der Waals surface area contributed by atoms with Crippen molar-refractivity contribution in [3.05, 3.63) is 39.8 Å². The lowest BCUT2D eigenvalue weighted by Crippen LogP contribution is -2.47. The number of hydrogen-bond acceptors (Lipinski definition) is 5. The molecule has 106 valence electrons. The van der Waals surface area contributed by atoms with E-state index >= 15 is 0 Å². The van der Waals surface area contributed by atoms with Crippen molar-refractivity contribution >= 4 is 61.7 Å². The molecule has 8 heteroatoms. The maximum absolute atomic E-state index is 12.7. The molecule has 1 fully saturated rings. The van der Waals surface area contributed by atoms with Gasteiger partial charge in [-0.05, 0) is 18.2 Å². The summed E-state index contributed by atoms with van der Waals surface area (Å²) in [5, 5.41) is 5.22. The van der Waals surface area contributed by atoms with E-state index in [1.165, 1.54) is 28.0 Å². The van der Waals surface area contributed by atoms with Gasteiger partial charge in [-0.25, -0.2) is 4.98 Å². The van der Waals surface area contributed by atoms with E-state index in [0.717, 1.165) is 15.7 Å². The number of halogens is 1. The van der Waals surface area contributed by atoms with Gasteiger partial charge in [-0.3, -0.25) is 14.5 Å². The number of aromatic nitrogens is 1. The van der Waals surface area contributed by atoms with Gasteiger partial charge in [-0.2, -0.15) is 0 Å². The zero-order chi connectivity index (χ0) is 14.6. The van der Waals surface area contributed by atoms with Gasteiger partial charge in [0.2, 0.25) is 10.8 Å². The van der Waals surface area contributed by atoms with Crippen LogP contribution in [0.3, 0.4) is 0 Å². The fraction of sp³-hybridized carbons (Fsp3) is 0.154. The molecule has 4 rings (SSSR count). The van der Waals surface area contributed by atoms with Crippen LogP contribution in [0.4, 0.5) is 10.8 Å². The van der Waals surface area contributed by atoms with Crippen molar-refractivity contribution in [2.75, 3.05) is 16.0 Å². The summed E-state index contributed by atoms with van der Waals surface area (Å²) < 4.78 is 0.871. The van der Waals surface area contributed by atoms with Crippen molar-refractivity contribution in [1.82, 2.24) is 4.98 Å². The Morgan fingerprint density at radius 1 is 1.38 bits per heavy atom. The number of carbonyl (C=O) groups excluding carboxylic acids is 2. The molecule has 3 heterocycles. The summed E-state index contributed by atoms with van der Waals surface area (Å²) in [6.45, 7) is 0. The van der Waals surface area contributed by atoms with Crippen molar-refractivity contribution in [3.8, 4) is 0 Å². The largest absolute Gasteiger partial charge is 0.323 e. The second kappa shape index (κ2) is 4.56. The van der Waals surface area contributed by atoms with Gasteiger partial charge in [0, 0.05) is 27.3 Å². The lowest BCUT2D eigenvalue weighted by atomic mass is 10.1. The van der Waals surface area contributed by atoms with Crippen molar-refractivity contribution in [2.45, 2.75) is 4.87 Å². The van der Waals surface area contributed by atoms with E-state index in [0.29, 0.717) is 5.13 Å². The summed E-state index contributed by atoms with van der Waals surface area (Å²) in [7, 11) is 0. The maximum Gasteiger partial charge on any atom is 0.266 e. The molecule has 2 aromatic rings. The van der Waals surface area contributed by atoms with Crippen LogP contribution in [0.5, 0.6) is 0 Å². The molecule has 0 saturated carbocycles. The molecule has 2 amide bonds. The Labute approximate surface area is 136 Å². The SMILES string of the molecule is O=C1CSC2(C(=O)Nc3ccc(Br)cc32)N1c1nccs1. The molecule has 21 heavy (non-hydrogen) atoms. The van der Waals surface area contributed by atoms with Gasteiger partial charge >= 0.3 is 0 Å². The second-order valence-corrected chi connectivity index (χ2v) is 7.58. The summed E-state index contributed by atoms with van der Waals surface area (Å²) in [4.78, 5) is 29.7. The first-order chi connectivity index (χ1) is 10.1. The smallest absolute Gasteiger partial charge is 0.266 e. The van der Waals surface area contributed by atoms with E-state index in [9.17, 15) is 9.59 Å².